The molecule has 1 aromatic rings. The van der Waals surface area contributed by atoms with Crippen molar-refractivity contribution in [3.05, 3.63) is 33.3 Å². The minimum absolute atomic E-state index is 0.430. The van der Waals surface area contributed by atoms with Gasteiger partial charge in [0.1, 0.15) is 0 Å². The minimum atomic E-state index is 0.430. The minimum Gasteiger partial charge on any atom is -0.309 e. The fourth-order valence-electron chi connectivity index (χ4n) is 4.41. The van der Waals surface area contributed by atoms with Gasteiger partial charge in [0.15, 0.2) is 0 Å². The van der Waals surface area contributed by atoms with Gasteiger partial charge in [-0.2, -0.15) is 0 Å². The first-order valence-corrected chi connectivity index (χ1v) is 8.69. The van der Waals surface area contributed by atoms with Crippen LogP contribution in [0.4, 0.5) is 0 Å². The summed E-state index contributed by atoms with van der Waals surface area (Å²) in [7, 11) is 0. The van der Waals surface area contributed by atoms with Crippen molar-refractivity contribution in [2.24, 2.45) is 16.7 Å². The first-order valence-electron chi connectivity index (χ1n) is 7.52. The highest BCUT2D eigenvalue weighted by atomic mass is 79.9. The molecule has 0 aliphatic heterocycles. The van der Waals surface area contributed by atoms with Crippen molar-refractivity contribution in [2.75, 3.05) is 0 Å². The van der Waals surface area contributed by atoms with Crippen molar-refractivity contribution in [1.82, 2.24) is 5.32 Å². The molecule has 20 heavy (non-hydrogen) atoms. The highest BCUT2D eigenvalue weighted by Crippen LogP contribution is 2.65. The summed E-state index contributed by atoms with van der Waals surface area (Å²) in [6.07, 6.45) is 4.08. The molecule has 0 aromatic heterocycles. The van der Waals surface area contributed by atoms with Gasteiger partial charge < -0.3 is 5.32 Å². The smallest absolute Gasteiger partial charge is 0.0462 e. The van der Waals surface area contributed by atoms with Gasteiger partial charge in [-0.05, 0) is 53.7 Å². The molecule has 3 atom stereocenters. The van der Waals surface area contributed by atoms with E-state index < -0.39 is 0 Å². The maximum atomic E-state index is 6.31. The van der Waals surface area contributed by atoms with Crippen molar-refractivity contribution in [3.8, 4) is 0 Å². The molecule has 0 amide bonds. The van der Waals surface area contributed by atoms with Crippen molar-refractivity contribution < 1.29 is 0 Å². The van der Waals surface area contributed by atoms with Crippen LogP contribution in [0.25, 0.3) is 0 Å². The zero-order chi connectivity index (χ0) is 14.5. The Morgan fingerprint density at radius 3 is 2.65 bits per heavy atom. The van der Waals surface area contributed by atoms with Crippen LogP contribution in [0.5, 0.6) is 0 Å². The number of fused-ring (bicyclic) bond motifs is 2. The Bertz CT molecular complexity index is 528. The molecule has 3 heteroatoms. The third kappa shape index (κ3) is 2.15. The molecule has 2 bridgehead atoms. The third-order valence-corrected chi connectivity index (χ3v) is 7.19. The second-order valence-electron chi connectivity index (χ2n) is 7.28. The molecule has 110 valence electrons. The van der Waals surface area contributed by atoms with E-state index in [-0.39, 0.29) is 0 Å². The first-order chi connectivity index (χ1) is 9.34. The molecule has 2 aliphatic carbocycles. The summed E-state index contributed by atoms with van der Waals surface area (Å²) in [5, 5.41) is 4.63. The number of hydrogen-bond acceptors (Lipinski definition) is 1. The third-order valence-electron chi connectivity index (χ3n) is 6.35. The van der Waals surface area contributed by atoms with E-state index in [0.717, 1.165) is 22.0 Å². The number of rotatable bonds is 3. The van der Waals surface area contributed by atoms with Gasteiger partial charge in [0.2, 0.25) is 0 Å². The van der Waals surface area contributed by atoms with Crippen molar-refractivity contribution in [1.29, 1.82) is 0 Å². The van der Waals surface area contributed by atoms with Gasteiger partial charge in [0.05, 0.1) is 0 Å². The van der Waals surface area contributed by atoms with Crippen LogP contribution in [0.1, 0.15) is 45.6 Å². The number of hydrogen-bond donors (Lipinski definition) is 1. The number of halogens is 2. The summed E-state index contributed by atoms with van der Waals surface area (Å²) < 4.78 is 1.04. The maximum absolute atomic E-state index is 6.31. The molecule has 3 unspecified atom stereocenters. The quantitative estimate of drug-likeness (QED) is 0.764. The summed E-state index contributed by atoms with van der Waals surface area (Å²) in [4.78, 5) is 0. The van der Waals surface area contributed by atoms with Gasteiger partial charge in [-0.15, -0.1) is 0 Å². The largest absolute Gasteiger partial charge is 0.309 e. The van der Waals surface area contributed by atoms with Gasteiger partial charge >= 0.3 is 0 Å². The fourth-order valence-corrected chi connectivity index (χ4v) is 5.15. The van der Waals surface area contributed by atoms with E-state index in [9.17, 15) is 0 Å². The van der Waals surface area contributed by atoms with Crippen LogP contribution in [0.15, 0.2) is 22.7 Å². The Hall–Kier alpha value is -0.0500. The second kappa shape index (κ2) is 5.00. The van der Waals surface area contributed by atoms with Gasteiger partial charge in [0, 0.05) is 22.1 Å². The van der Waals surface area contributed by atoms with Crippen LogP contribution in [0, 0.1) is 16.7 Å². The van der Waals surface area contributed by atoms with E-state index in [1.165, 1.54) is 24.8 Å². The first kappa shape index (κ1) is 14.9. The topological polar surface area (TPSA) is 12.0 Å². The molecule has 0 saturated heterocycles. The van der Waals surface area contributed by atoms with Crippen LogP contribution >= 0.6 is 27.5 Å². The van der Waals surface area contributed by atoms with Crippen LogP contribution in [-0.4, -0.2) is 6.04 Å². The molecule has 1 nitrogen and oxygen atoms in total. The van der Waals surface area contributed by atoms with E-state index in [2.05, 4.69) is 54.2 Å². The Morgan fingerprint density at radius 1 is 1.35 bits per heavy atom. The maximum Gasteiger partial charge on any atom is 0.0462 e. The zero-order valence-corrected chi connectivity index (χ0v) is 14.8. The predicted molar refractivity (Wildman–Crippen MR) is 89.0 cm³/mol. The molecule has 0 spiro atoms. The monoisotopic (exact) mass is 355 g/mol. The second-order valence-corrected chi connectivity index (χ2v) is 8.60. The van der Waals surface area contributed by atoms with Crippen molar-refractivity contribution in [3.63, 3.8) is 0 Å². The number of benzene rings is 1. The lowest BCUT2D eigenvalue weighted by Gasteiger charge is -2.39. The van der Waals surface area contributed by atoms with Gasteiger partial charge in [-0.1, -0.05) is 54.4 Å². The van der Waals surface area contributed by atoms with Gasteiger partial charge in [-0.3, -0.25) is 0 Å². The average Bonchev–Trinajstić information content (AvgIpc) is 2.70. The molecule has 2 fully saturated rings. The SMILES string of the molecule is CC1(C)C2CCC1(C)C(NCc1ccc(Br)cc1Cl)C2. The normalized spacial score (nSPS) is 34.6. The summed E-state index contributed by atoms with van der Waals surface area (Å²) in [6, 6.07) is 6.77. The zero-order valence-electron chi connectivity index (χ0n) is 12.5. The fraction of sp³-hybridized carbons (Fsp3) is 0.647. The summed E-state index contributed by atoms with van der Waals surface area (Å²) >= 11 is 9.77. The molecule has 1 N–H and O–H groups in total. The lowest BCUT2D eigenvalue weighted by Crippen LogP contribution is -2.44. The molecular formula is C17H23BrClN. The Morgan fingerprint density at radius 2 is 2.10 bits per heavy atom. The average molecular weight is 357 g/mol. The van der Waals surface area contributed by atoms with E-state index >= 15 is 0 Å². The van der Waals surface area contributed by atoms with E-state index in [4.69, 9.17) is 11.6 Å². The lowest BCUT2D eigenvalue weighted by molar-refractivity contribution is 0.120. The Labute approximate surface area is 135 Å². The van der Waals surface area contributed by atoms with Crippen molar-refractivity contribution in [2.45, 2.75) is 52.6 Å². The molecular weight excluding hydrogens is 334 g/mol. The standard InChI is InChI=1S/C17H23BrClN/c1-16(2)12-6-7-17(16,3)15(8-12)20-10-11-4-5-13(18)9-14(11)19/h4-5,9,12,15,20H,6-8,10H2,1-3H3. The van der Waals surface area contributed by atoms with E-state index in [0.29, 0.717) is 16.9 Å². The molecule has 2 aliphatic rings. The Balaban J connectivity index is 1.71. The highest BCUT2D eigenvalue weighted by Gasteiger charge is 2.60. The molecule has 0 radical (unpaired) electrons. The molecule has 0 heterocycles. The van der Waals surface area contributed by atoms with E-state index in [1.54, 1.807) is 0 Å². The highest BCUT2D eigenvalue weighted by molar-refractivity contribution is 9.10. The lowest BCUT2D eigenvalue weighted by atomic mass is 9.69. The van der Waals surface area contributed by atoms with Crippen LogP contribution in [-0.2, 0) is 6.54 Å². The molecule has 2 saturated carbocycles. The molecule has 3 rings (SSSR count). The van der Waals surface area contributed by atoms with Crippen LogP contribution in [0.2, 0.25) is 5.02 Å². The van der Waals surface area contributed by atoms with Gasteiger partial charge in [0.25, 0.3) is 0 Å². The number of nitrogens with one attached hydrogen (secondary N) is 1. The van der Waals surface area contributed by atoms with Gasteiger partial charge in [-0.25, -0.2) is 0 Å². The van der Waals surface area contributed by atoms with E-state index in [1.807, 2.05) is 6.07 Å². The summed E-state index contributed by atoms with van der Waals surface area (Å²) in [5.41, 5.74) is 2.09. The summed E-state index contributed by atoms with van der Waals surface area (Å²) in [5.74, 6) is 0.880. The van der Waals surface area contributed by atoms with Crippen LogP contribution in [0.3, 0.4) is 0 Å². The van der Waals surface area contributed by atoms with Crippen LogP contribution < -0.4 is 5.32 Å². The Kier molecular flexibility index (Phi) is 3.72. The molecule has 1 aromatic carbocycles. The van der Waals surface area contributed by atoms with Crippen molar-refractivity contribution >= 4 is 27.5 Å². The predicted octanol–water partition coefficient (Wildman–Crippen LogP) is 5.41. The summed E-state index contributed by atoms with van der Waals surface area (Å²) in [6.45, 7) is 8.26.